The summed E-state index contributed by atoms with van der Waals surface area (Å²) in [6.45, 7) is 0. The zero-order valence-electron chi connectivity index (χ0n) is 11.4. The molecule has 0 fully saturated rings. The van der Waals surface area contributed by atoms with Gasteiger partial charge in [-0.25, -0.2) is 5.10 Å². The Balaban J connectivity index is 2.08. The molecule has 4 nitrogen and oxygen atoms in total. The van der Waals surface area contributed by atoms with Crippen LogP contribution in [0.1, 0.15) is 11.3 Å². The second-order valence-corrected chi connectivity index (χ2v) is 5.63. The second-order valence-electron chi connectivity index (χ2n) is 4.72. The third-order valence-corrected chi connectivity index (χ3v) is 3.83. The van der Waals surface area contributed by atoms with Gasteiger partial charge < -0.3 is 4.74 Å². The van der Waals surface area contributed by atoms with Crippen molar-refractivity contribution < 1.29 is 4.74 Å². The highest BCUT2D eigenvalue weighted by Crippen LogP contribution is 2.22. The predicted octanol–water partition coefficient (Wildman–Crippen LogP) is 3.29. The van der Waals surface area contributed by atoms with E-state index in [-0.39, 0.29) is 5.56 Å². The molecule has 0 aliphatic rings. The molecule has 3 rings (SSSR count). The lowest BCUT2D eigenvalue weighted by Crippen LogP contribution is -2.11. The fourth-order valence-electron chi connectivity index (χ4n) is 2.31. The average Bonchev–Trinajstić information content (AvgIpc) is 2.50. The number of nitrogens with one attached hydrogen (secondary N) is 1. The first-order valence-electron chi connectivity index (χ1n) is 6.47. The zero-order chi connectivity index (χ0) is 14.8. The van der Waals surface area contributed by atoms with Crippen molar-refractivity contribution in [3.8, 4) is 5.75 Å². The number of rotatable bonds is 3. The van der Waals surface area contributed by atoms with E-state index in [1.165, 1.54) is 0 Å². The molecule has 2 aromatic carbocycles. The highest BCUT2D eigenvalue weighted by Gasteiger charge is 2.08. The lowest BCUT2D eigenvalue weighted by Gasteiger charge is -2.07. The van der Waals surface area contributed by atoms with Crippen LogP contribution in [0.25, 0.3) is 10.8 Å². The van der Waals surface area contributed by atoms with Crippen LogP contribution in [-0.4, -0.2) is 17.3 Å². The van der Waals surface area contributed by atoms with Gasteiger partial charge in [0.1, 0.15) is 5.75 Å². The van der Waals surface area contributed by atoms with Crippen molar-refractivity contribution in [2.45, 2.75) is 6.42 Å². The van der Waals surface area contributed by atoms with Crippen LogP contribution in [0.3, 0.4) is 0 Å². The lowest BCUT2D eigenvalue weighted by atomic mass is 10.0. The molecule has 1 aromatic heterocycles. The Kier molecular flexibility index (Phi) is 3.75. The maximum Gasteiger partial charge on any atom is 0.272 e. The van der Waals surface area contributed by atoms with Crippen LogP contribution < -0.4 is 10.3 Å². The maximum atomic E-state index is 11.9. The first kappa shape index (κ1) is 13.8. The van der Waals surface area contributed by atoms with Gasteiger partial charge >= 0.3 is 0 Å². The van der Waals surface area contributed by atoms with Gasteiger partial charge in [-0.2, -0.15) is 5.10 Å². The molecule has 0 unspecified atom stereocenters. The summed E-state index contributed by atoms with van der Waals surface area (Å²) in [6.07, 6.45) is 0.631. The highest BCUT2D eigenvalue weighted by atomic mass is 79.9. The summed E-state index contributed by atoms with van der Waals surface area (Å²) in [5.41, 5.74) is 1.74. The summed E-state index contributed by atoms with van der Waals surface area (Å²) in [6, 6.07) is 13.5. The Morgan fingerprint density at radius 2 is 2.05 bits per heavy atom. The van der Waals surface area contributed by atoms with Crippen molar-refractivity contribution in [2.75, 3.05) is 7.11 Å². The minimum Gasteiger partial charge on any atom is -0.497 e. The van der Waals surface area contributed by atoms with Crippen molar-refractivity contribution in [1.82, 2.24) is 10.2 Å². The summed E-state index contributed by atoms with van der Waals surface area (Å²) in [7, 11) is 1.64. The number of methoxy groups -OCH3 is 1. The van der Waals surface area contributed by atoms with Crippen LogP contribution in [0, 0.1) is 0 Å². The molecule has 0 aliphatic carbocycles. The number of aromatic amines is 1. The van der Waals surface area contributed by atoms with Crippen molar-refractivity contribution >= 4 is 26.7 Å². The summed E-state index contributed by atoms with van der Waals surface area (Å²) in [5.74, 6) is 0.809. The Hall–Kier alpha value is -2.14. The monoisotopic (exact) mass is 344 g/mol. The number of aromatic nitrogens is 2. The van der Waals surface area contributed by atoms with Gasteiger partial charge in [-0.3, -0.25) is 4.79 Å². The number of hydrogen-bond donors (Lipinski definition) is 1. The quantitative estimate of drug-likeness (QED) is 0.793. The average molecular weight is 345 g/mol. The molecular weight excluding hydrogens is 332 g/mol. The summed E-state index contributed by atoms with van der Waals surface area (Å²) < 4.78 is 6.10. The van der Waals surface area contributed by atoms with Crippen LogP contribution in [0.4, 0.5) is 0 Å². The zero-order valence-corrected chi connectivity index (χ0v) is 13.0. The van der Waals surface area contributed by atoms with Crippen molar-refractivity contribution in [3.63, 3.8) is 0 Å². The minimum absolute atomic E-state index is 0.180. The number of nitrogens with zero attached hydrogens (tertiary/aromatic N) is 1. The molecule has 0 saturated heterocycles. The summed E-state index contributed by atoms with van der Waals surface area (Å²) in [4.78, 5) is 11.9. The van der Waals surface area contributed by atoms with E-state index in [1.807, 2.05) is 42.5 Å². The van der Waals surface area contributed by atoms with Gasteiger partial charge in [0.15, 0.2) is 0 Å². The SMILES string of the molecule is COc1cccc(Cc2n[nH]c(=O)c3cc(Br)ccc23)c1. The lowest BCUT2D eigenvalue weighted by molar-refractivity contribution is 0.414. The third kappa shape index (κ3) is 2.83. The number of halogens is 1. The van der Waals surface area contributed by atoms with Gasteiger partial charge in [0.05, 0.1) is 18.2 Å². The molecule has 0 spiro atoms. The molecule has 0 radical (unpaired) electrons. The smallest absolute Gasteiger partial charge is 0.272 e. The molecular formula is C16H13BrN2O2. The molecule has 1 heterocycles. The highest BCUT2D eigenvalue weighted by molar-refractivity contribution is 9.10. The second kappa shape index (κ2) is 5.69. The normalized spacial score (nSPS) is 10.8. The van der Waals surface area contributed by atoms with Crippen molar-refractivity contribution in [3.05, 3.63) is 68.5 Å². The molecule has 106 valence electrons. The molecule has 21 heavy (non-hydrogen) atoms. The van der Waals surface area contributed by atoms with E-state index in [9.17, 15) is 4.79 Å². The molecule has 0 aliphatic heterocycles. The first-order chi connectivity index (χ1) is 10.2. The predicted molar refractivity (Wildman–Crippen MR) is 85.9 cm³/mol. The largest absolute Gasteiger partial charge is 0.497 e. The Morgan fingerprint density at radius 3 is 2.86 bits per heavy atom. The number of H-pyrrole nitrogens is 1. The van der Waals surface area contributed by atoms with Gasteiger partial charge in [-0.1, -0.05) is 34.1 Å². The van der Waals surface area contributed by atoms with E-state index in [4.69, 9.17) is 4.74 Å². The van der Waals surface area contributed by atoms with E-state index in [1.54, 1.807) is 7.11 Å². The van der Waals surface area contributed by atoms with E-state index in [2.05, 4.69) is 26.1 Å². The van der Waals surface area contributed by atoms with E-state index in [0.29, 0.717) is 11.8 Å². The fourth-order valence-corrected chi connectivity index (χ4v) is 2.67. The van der Waals surface area contributed by atoms with Crippen LogP contribution >= 0.6 is 15.9 Å². The number of hydrogen-bond acceptors (Lipinski definition) is 3. The van der Waals surface area contributed by atoms with Crippen LogP contribution in [0.2, 0.25) is 0 Å². The van der Waals surface area contributed by atoms with E-state index in [0.717, 1.165) is 26.9 Å². The number of benzene rings is 2. The molecule has 3 aromatic rings. The molecule has 0 saturated carbocycles. The Labute approximate surface area is 129 Å². The van der Waals surface area contributed by atoms with Gasteiger partial charge in [-0.05, 0) is 29.8 Å². The third-order valence-electron chi connectivity index (χ3n) is 3.34. The molecule has 0 amide bonds. The first-order valence-corrected chi connectivity index (χ1v) is 7.26. The number of fused-ring (bicyclic) bond motifs is 1. The Bertz CT molecular complexity index is 858. The van der Waals surface area contributed by atoms with Gasteiger partial charge in [0.25, 0.3) is 5.56 Å². The van der Waals surface area contributed by atoms with E-state index >= 15 is 0 Å². The fraction of sp³-hybridized carbons (Fsp3) is 0.125. The van der Waals surface area contributed by atoms with Gasteiger partial charge in [0.2, 0.25) is 0 Å². The van der Waals surface area contributed by atoms with Gasteiger partial charge in [-0.15, -0.1) is 0 Å². The maximum absolute atomic E-state index is 11.9. The van der Waals surface area contributed by atoms with Crippen LogP contribution in [-0.2, 0) is 6.42 Å². The minimum atomic E-state index is -0.180. The molecule has 0 atom stereocenters. The molecule has 5 heteroatoms. The topological polar surface area (TPSA) is 55.0 Å². The van der Waals surface area contributed by atoms with Gasteiger partial charge in [0, 0.05) is 16.3 Å². The standard InChI is InChI=1S/C16H13BrN2O2/c1-21-12-4-2-3-10(7-12)8-15-13-6-5-11(17)9-14(13)16(20)19-18-15/h2-7,9H,8H2,1H3,(H,19,20). The summed E-state index contributed by atoms with van der Waals surface area (Å²) >= 11 is 3.39. The van der Waals surface area contributed by atoms with E-state index < -0.39 is 0 Å². The van der Waals surface area contributed by atoms with Crippen LogP contribution in [0.5, 0.6) is 5.75 Å². The summed E-state index contributed by atoms with van der Waals surface area (Å²) in [5, 5.41) is 8.26. The van der Waals surface area contributed by atoms with Crippen LogP contribution in [0.15, 0.2) is 51.7 Å². The van der Waals surface area contributed by atoms with Crippen molar-refractivity contribution in [2.24, 2.45) is 0 Å². The van der Waals surface area contributed by atoms with Crippen molar-refractivity contribution in [1.29, 1.82) is 0 Å². The number of ether oxygens (including phenoxy) is 1. The molecule has 1 N–H and O–H groups in total. The molecule has 0 bridgehead atoms. The Morgan fingerprint density at radius 1 is 1.19 bits per heavy atom.